The summed E-state index contributed by atoms with van der Waals surface area (Å²) >= 11 is 0. The van der Waals surface area contributed by atoms with Gasteiger partial charge in [0.15, 0.2) is 5.82 Å². The molecule has 0 spiro atoms. The molecule has 31 heavy (non-hydrogen) atoms. The van der Waals surface area contributed by atoms with Crippen LogP contribution in [0.5, 0.6) is 0 Å². The molecule has 2 aliphatic rings. The number of nitrogens with one attached hydrogen (secondary N) is 1. The summed E-state index contributed by atoms with van der Waals surface area (Å²) in [5, 5.41) is 12.5. The van der Waals surface area contributed by atoms with Crippen LogP contribution in [-0.2, 0) is 11.2 Å². The molecule has 164 valence electrons. The van der Waals surface area contributed by atoms with E-state index < -0.39 is 5.97 Å². The monoisotopic (exact) mass is 422 g/mol. The van der Waals surface area contributed by atoms with Crippen LogP contribution in [0.4, 0.5) is 23.0 Å². The molecular formula is C24H30N4O3. The number of anilines is 4. The second-order valence-corrected chi connectivity index (χ2v) is 8.30. The number of carbonyl (C=O) groups excluding carboxylic acids is 1. The molecule has 2 heterocycles. The maximum Gasteiger partial charge on any atom is 0.335 e. The molecule has 1 unspecified atom stereocenters. The number of rotatable bonds is 8. The van der Waals surface area contributed by atoms with Crippen LogP contribution in [0.1, 0.15) is 54.9 Å². The fourth-order valence-electron chi connectivity index (χ4n) is 4.90. The highest BCUT2D eigenvalue weighted by Crippen LogP contribution is 2.39. The van der Waals surface area contributed by atoms with E-state index in [-0.39, 0.29) is 6.04 Å². The number of carbonyl (C=O) groups is 2. The Kier molecular flexibility index (Phi) is 6.11. The van der Waals surface area contributed by atoms with Crippen LogP contribution < -0.4 is 15.1 Å². The summed E-state index contributed by atoms with van der Waals surface area (Å²) in [6.07, 6.45) is 7.06. The first-order valence-corrected chi connectivity index (χ1v) is 11.1. The molecule has 1 aromatic carbocycles. The van der Waals surface area contributed by atoms with Crippen molar-refractivity contribution in [1.82, 2.24) is 4.98 Å². The van der Waals surface area contributed by atoms with Crippen molar-refractivity contribution in [2.75, 3.05) is 28.7 Å². The van der Waals surface area contributed by atoms with Crippen molar-refractivity contribution >= 4 is 35.3 Å². The zero-order valence-corrected chi connectivity index (χ0v) is 18.2. The predicted octanol–water partition coefficient (Wildman–Crippen LogP) is 4.24. The number of carboxylic acid groups (broad SMARTS) is 1. The number of fused-ring (bicyclic) bond motifs is 1. The van der Waals surface area contributed by atoms with Crippen molar-refractivity contribution in [3.05, 3.63) is 41.5 Å². The molecule has 0 saturated heterocycles. The third-order valence-electron chi connectivity index (χ3n) is 6.52. The third-order valence-corrected chi connectivity index (χ3v) is 6.52. The Bertz CT molecular complexity index is 971. The van der Waals surface area contributed by atoms with E-state index in [2.05, 4.69) is 15.1 Å². The summed E-state index contributed by atoms with van der Waals surface area (Å²) in [5.74, 6) is 0.729. The molecule has 0 bridgehead atoms. The highest BCUT2D eigenvalue weighted by atomic mass is 16.4. The van der Waals surface area contributed by atoms with E-state index in [0.717, 1.165) is 67.1 Å². The van der Waals surface area contributed by atoms with E-state index in [1.807, 2.05) is 32.2 Å². The van der Waals surface area contributed by atoms with Gasteiger partial charge in [-0.2, -0.15) is 0 Å². The highest BCUT2D eigenvalue weighted by molar-refractivity contribution is 5.89. The van der Waals surface area contributed by atoms with E-state index in [9.17, 15) is 14.7 Å². The maximum atomic E-state index is 12.0. The van der Waals surface area contributed by atoms with Crippen molar-refractivity contribution < 1.29 is 14.7 Å². The predicted molar refractivity (Wildman–Crippen MR) is 123 cm³/mol. The lowest BCUT2D eigenvalue weighted by molar-refractivity contribution is -0.109. The van der Waals surface area contributed by atoms with E-state index >= 15 is 0 Å². The van der Waals surface area contributed by atoms with Crippen molar-refractivity contribution in [2.24, 2.45) is 0 Å². The van der Waals surface area contributed by atoms with Gasteiger partial charge in [-0.05, 0) is 61.6 Å². The first-order valence-electron chi connectivity index (χ1n) is 11.1. The minimum absolute atomic E-state index is 0.207. The molecule has 1 aromatic heterocycles. The van der Waals surface area contributed by atoms with E-state index in [1.165, 1.54) is 12.8 Å². The molecule has 7 heteroatoms. The van der Waals surface area contributed by atoms with Gasteiger partial charge in [-0.25, -0.2) is 9.78 Å². The maximum absolute atomic E-state index is 12.0. The average Bonchev–Trinajstić information content (AvgIpc) is 3.46. The minimum atomic E-state index is -0.910. The normalized spacial score (nSPS) is 16.8. The van der Waals surface area contributed by atoms with Crippen LogP contribution in [-0.4, -0.2) is 48.0 Å². The topological polar surface area (TPSA) is 85.8 Å². The van der Waals surface area contributed by atoms with Crippen LogP contribution in [0.2, 0.25) is 0 Å². The molecule has 1 aliphatic carbocycles. The molecule has 4 rings (SSSR count). The number of aromatic nitrogens is 1. The Morgan fingerprint density at radius 2 is 2.10 bits per heavy atom. The third kappa shape index (κ3) is 3.96. The van der Waals surface area contributed by atoms with Gasteiger partial charge in [-0.1, -0.05) is 19.8 Å². The largest absolute Gasteiger partial charge is 0.478 e. The molecule has 2 aromatic rings. The zero-order chi connectivity index (χ0) is 22.0. The van der Waals surface area contributed by atoms with Crippen LogP contribution in [0.3, 0.4) is 0 Å². The first kappa shape index (κ1) is 21.2. The second-order valence-electron chi connectivity index (χ2n) is 8.30. The van der Waals surface area contributed by atoms with Gasteiger partial charge < -0.3 is 25.0 Å². The molecule has 1 fully saturated rings. The van der Waals surface area contributed by atoms with Gasteiger partial charge in [-0.3, -0.25) is 0 Å². The van der Waals surface area contributed by atoms with E-state index in [0.29, 0.717) is 11.6 Å². The number of aldehydes is 1. The number of pyridine rings is 1. The van der Waals surface area contributed by atoms with Crippen LogP contribution >= 0.6 is 0 Å². The van der Waals surface area contributed by atoms with Crippen molar-refractivity contribution in [3.8, 4) is 0 Å². The smallest absolute Gasteiger partial charge is 0.335 e. The van der Waals surface area contributed by atoms with Gasteiger partial charge in [0, 0.05) is 25.3 Å². The lowest BCUT2D eigenvalue weighted by Gasteiger charge is -2.36. The van der Waals surface area contributed by atoms with Gasteiger partial charge in [0.05, 0.1) is 17.3 Å². The van der Waals surface area contributed by atoms with E-state index in [4.69, 9.17) is 4.98 Å². The number of carboxylic acids is 1. The van der Waals surface area contributed by atoms with Crippen LogP contribution in [0, 0.1) is 0 Å². The van der Waals surface area contributed by atoms with E-state index in [1.54, 1.807) is 12.1 Å². The van der Waals surface area contributed by atoms with Gasteiger partial charge in [0.25, 0.3) is 0 Å². The molecule has 0 radical (unpaired) electrons. The van der Waals surface area contributed by atoms with Crippen molar-refractivity contribution in [3.63, 3.8) is 0 Å². The summed E-state index contributed by atoms with van der Waals surface area (Å²) in [4.78, 5) is 32.7. The highest BCUT2D eigenvalue weighted by Gasteiger charge is 2.32. The Morgan fingerprint density at radius 1 is 1.32 bits per heavy atom. The summed E-state index contributed by atoms with van der Waals surface area (Å²) < 4.78 is 0. The number of hydrogen-bond acceptors (Lipinski definition) is 6. The van der Waals surface area contributed by atoms with Crippen molar-refractivity contribution in [1.29, 1.82) is 0 Å². The quantitative estimate of drug-likeness (QED) is 0.615. The number of aromatic carboxylic acids is 1. The molecular weight excluding hydrogens is 392 g/mol. The van der Waals surface area contributed by atoms with Gasteiger partial charge in [0.1, 0.15) is 12.1 Å². The fraction of sp³-hybridized carbons (Fsp3) is 0.458. The summed E-state index contributed by atoms with van der Waals surface area (Å²) in [6, 6.07) is 9.40. The van der Waals surface area contributed by atoms with Gasteiger partial charge in [0.2, 0.25) is 0 Å². The number of benzene rings is 1. The zero-order valence-electron chi connectivity index (χ0n) is 18.2. The number of nitrogens with zero attached hydrogens (tertiary/aromatic N) is 3. The molecule has 2 N–H and O–H groups in total. The SMILES string of the molecule is CCC(C=O)N(c1nc(N2CCc3cc(C(=O)O)ccc32)ccc1NC)C1CCCC1. The van der Waals surface area contributed by atoms with Crippen molar-refractivity contribution in [2.45, 2.75) is 57.5 Å². The Balaban J connectivity index is 1.75. The van der Waals surface area contributed by atoms with Gasteiger partial charge in [-0.15, -0.1) is 0 Å². The molecule has 1 atom stereocenters. The standard InChI is InChI=1S/C24H30N4O3/c1-3-18(15-29)28(19-6-4-5-7-19)23-20(25-2)9-11-22(26-23)27-13-12-16-14-17(24(30)31)8-10-21(16)27/h8-11,14-15,18-19,25H,3-7,12-13H2,1-2H3,(H,30,31). The Labute approximate surface area is 183 Å². The minimum Gasteiger partial charge on any atom is -0.478 e. The lowest BCUT2D eigenvalue weighted by Crippen LogP contribution is -2.44. The van der Waals surface area contributed by atoms with Crippen LogP contribution in [0.15, 0.2) is 30.3 Å². The fourth-order valence-corrected chi connectivity index (χ4v) is 4.90. The Hall–Kier alpha value is -3.09. The second kappa shape index (κ2) is 8.96. The van der Waals surface area contributed by atoms with Gasteiger partial charge >= 0.3 is 5.97 Å². The molecule has 1 aliphatic heterocycles. The molecule has 0 amide bonds. The Morgan fingerprint density at radius 3 is 2.74 bits per heavy atom. The summed E-state index contributed by atoms with van der Waals surface area (Å²) in [5.41, 5.74) is 3.24. The molecule has 7 nitrogen and oxygen atoms in total. The summed E-state index contributed by atoms with van der Waals surface area (Å²) in [7, 11) is 1.88. The van der Waals surface area contributed by atoms with Crippen LogP contribution in [0.25, 0.3) is 0 Å². The lowest BCUT2D eigenvalue weighted by atomic mass is 10.1. The average molecular weight is 423 g/mol. The summed E-state index contributed by atoms with van der Waals surface area (Å²) in [6.45, 7) is 2.79. The first-order chi connectivity index (χ1) is 15.1. The number of hydrogen-bond donors (Lipinski definition) is 2. The molecule has 1 saturated carbocycles.